The smallest absolute Gasteiger partial charge is 0.338 e. The lowest BCUT2D eigenvalue weighted by Gasteiger charge is -2.14. The Labute approximate surface area is 172 Å². The van der Waals surface area contributed by atoms with Gasteiger partial charge in [-0.05, 0) is 24.3 Å². The lowest BCUT2D eigenvalue weighted by Crippen LogP contribution is -2.26. The molecule has 0 unspecified atom stereocenters. The maximum atomic E-state index is 12.7. The van der Waals surface area contributed by atoms with E-state index in [0.29, 0.717) is 28.2 Å². The molecule has 2 aromatic carbocycles. The molecule has 154 valence electrons. The van der Waals surface area contributed by atoms with E-state index in [-0.39, 0.29) is 30.1 Å². The van der Waals surface area contributed by atoms with E-state index in [2.05, 4.69) is 4.98 Å². The number of fused-ring (bicyclic) bond motifs is 1. The summed E-state index contributed by atoms with van der Waals surface area (Å²) in [6, 6.07) is 11.6. The SMILES string of the molecule is COc1cc(C(=O)OCc2nc3ccccc3c(=O)n2CC#N)cc(OC)c1OC. The minimum absolute atomic E-state index is 0.166. The zero-order valence-corrected chi connectivity index (χ0v) is 16.7. The summed E-state index contributed by atoms with van der Waals surface area (Å²) in [4.78, 5) is 29.7. The lowest BCUT2D eigenvalue weighted by atomic mass is 10.2. The molecule has 3 rings (SSSR count). The number of para-hydroxylation sites is 1. The monoisotopic (exact) mass is 409 g/mol. The first-order chi connectivity index (χ1) is 14.5. The summed E-state index contributed by atoms with van der Waals surface area (Å²) in [5.74, 6) is 0.430. The number of benzene rings is 2. The van der Waals surface area contributed by atoms with Gasteiger partial charge in [-0.2, -0.15) is 5.26 Å². The molecular formula is C21H19N3O6. The van der Waals surface area contributed by atoms with E-state index in [1.54, 1.807) is 24.3 Å². The van der Waals surface area contributed by atoms with Crippen LogP contribution in [0.5, 0.6) is 17.2 Å². The number of methoxy groups -OCH3 is 3. The molecule has 0 bridgehead atoms. The van der Waals surface area contributed by atoms with Gasteiger partial charge in [0, 0.05) is 0 Å². The topological polar surface area (TPSA) is 113 Å². The molecule has 0 spiro atoms. The molecule has 0 saturated heterocycles. The third-order valence-electron chi connectivity index (χ3n) is 4.40. The van der Waals surface area contributed by atoms with Gasteiger partial charge in [0.05, 0.1) is 43.9 Å². The molecule has 1 aromatic heterocycles. The van der Waals surface area contributed by atoms with Gasteiger partial charge in [0.1, 0.15) is 13.2 Å². The number of nitrogens with zero attached hydrogens (tertiary/aromatic N) is 3. The Morgan fingerprint density at radius 3 is 2.37 bits per heavy atom. The van der Waals surface area contributed by atoms with Crippen molar-refractivity contribution in [2.45, 2.75) is 13.2 Å². The number of hydrogen-bond donors (Lipinski definition) is 0. The molecule has 3 aromatic rings. The number of nitriles is 1. The fourth-order valence-corrected chi connectivity index (χ4v) is 2.97. The van der Waals surface area contributed by atoms with Gasteiger partial charge in [-0.15, -0.1) is 0 Å². The standard InChI is InChI=1S/C21H19N3O6/c1-27-16-10-13(11-17(28-2)19(16)29-3)21(26)30-12-18-23-15-7-5-4-6-14(15)20(25)24(18)9-8-22/h4-7,10-11H,9,12H2,1-3H3. The van der Waals surface area contributed by atoms with Crippen LogP contribution in [0.3, 0.4) is 0 Å². The van der Waals surface area contributed by atoms with Crippen molar-refractivity contribution in [2.75, 3.05) is 21.3 Å². The highest BCUT2D eigenvalue weighted by Crippen LogP contribution is 2.38. The second kappa shape index (κ2) is 8.96. The summed E-state index contributed by atoms with van der Waals surface area (Å²) in [6.07, 6.45) is 0. The van der Waals surface area contributed by atoms with Crippen molar-refractivity contribution in [1.29, 1.82) is 5.26 Å². The minimum Gasteiger partial charge on any atom is -0.493 e. The fraction of sp³-hybridized carbons (Fsp3) is 0.238. The van der Waals surface area contributed by atoms with Crippen LogP contribution in [0.4, 0.5) is 0 Å². The van der Waals surface area contributed by atoms with Crippen LogP contribution < -0.4 is 19.8 Å². The molecule has 0 aliphatic heterocycles. The molecule has 0 radical (unpaired) electrons. The van der Waals surface area contributed by atoms with Crippen LogP contribution in [-0.4, -0.2) is 36.8 Å². The van der Waals surface area contributed by atoms with E-state index >= 15 is 0 Å². The predicted octanol–water partition coefficient (Wildman–Crippen LogP) is 2.30. The molecule has 0 saturated carbocycles. The summed E-state index contributed by atoms with van der Waals surface area (Å²) in [6.45, 7) is -0.509. The summed E-state index contributed by atoms with van der Waals surface area (Å²) in [7, 11) is 4.33. The molecule has 0 aliphatic carbocycles. The Hall–Kier alpha value is -4.06. The molecule has 9 heteroatoms. The van der Waals surface area contributed by atoms with Crippen LogP contribution in [0, 0.1) is 11.3 Å². The number of ether oxygens (including phenoxy) is 4. The van der Waals surface area contributed by atoms with Gasteiger partial charge in [-0.3, -0.25) is 9.36 Å². The first kappa shape index (κ1) is 20.7. The van der Waals surface area contributed by atoms with Crippen molar-refractivity contribution < 1.29 is 23.7 Å². The highest BCUT2D eigenvalue weighted by Gasteiger charge is 2.19. The minimum atomic E-state index is -0.680. The summed E-state index contributed by atoms with van der Waals surface area (Å²) >= 11 is 0. The van der Waals surface area contributed by atoms with Crippen molar-refractivity contribution in [3.05, 3.63) is 58.1 Å². The van der Waals surface area contributed by atoms with Gasteiger partial charge in [0.25, 0.3) is 5.56 Å². The van der Waals surface area contributed by atoms with Gasteiger partial charge < -0.3 is 18.9 Å². The number of aromatic nitrogens is 2. The number of esters is 1. The summed E-state index contributed by atoms with van der Waals surface area (Å²) in [5.41, 5.74) is 0.246. The van der Waals surface area contributed by atoms with Crippen LogP contribution in [0.15, 0.2) is 41.2 Å². The first-order valence-electron chi connectivity index (χ1n) is 8.86. The highest BCUT2D eigenvalue weighted by atomic mass is 16.5. The fourth-order valence-electron chi connectivity index (χ4n) is 2.97. The molecule has 0 amide bonds. The largest absolute Gasteiger partial charge is 0.493 e. The van der Waals surface area contributed by atoms with E-state index in [1.807, 2.05) is 6.07 Å². The molecular weight excluding hydrogens is 390 g/mol. The summed E-state index contributed by atoms with van der Waals surface area (Å²) in [5, 5.41) is 9.46. The average molecular weight is 409 g/mol. The Morgan fingerprint density at radius 2 is 1.77 bits per heavy atom. The Balaban J connectivity index is 1.93. The van der Waals surface area contributed by atoms with Crippen molar-refractivity contribution in [3.8, 4) is 23.3 Å². The average Bonchev–Trinajstić information content (AvgIpc) is 2.78. The van der Waals surface area contributed by atoms with E-state index in [1.165, 1.54) is 38.0 Å². The van der Waals surface area contributed by atoms with Gasteiger partial charge in [-0.1, -0.05) is 12.1 Å². The predicted molar refractivity (Wildman–Crippen MR) is 107 cm³/mol. The van der Waals surface area contributed by atoms with Crippen molar-refractivity contribution in [2.24, 2.45) is 0 Å². The molecule has 0 N–H and O–H groups in total. The van der Waals surface area contributed by atoms with Crippen LogP contribution in [0.1, 0.15) is 16.2 Å². The van der Waals surface area contributed by atoms with Gasteiger partial charge >= 0.3 is 5.97 Å². The molecule has 0 fully saturated rings. The zero-order valence-electron chi connectivity index (χ0n) is 16.7. The molecule has 0 atom stereocenters. The van der Waals surface area contributed by atoms with E-state index in [9.17, 15) is 9.59 Å². The second-order valence-electron chi connectivity index (χ2n) is 6.08. The number of hydrogen-bond acceptors (Lipinski definition) is 8. The van der Waals surface area contributed by atoms with E-state index < -0.39 is 5.97 Å². The summed E-state index contributed by atoms with van der Waals surface area (Å²) < 4.78 is 22.3. The van der Waals surface area contributed by atoms with Crippen LogP contribution >= 0.6 is 0 Å². The number of rotatable bonds is 7. The molecule has 30 heavy (non-hydrogen) atoms. The number of carbonyl (C=O) groups is 1. The lowest BCUT2D eigenvalue weighted by molar-refractivity contribution is 0.0456. The van der Waals surface area contributed by atoms with Crippen LogP contribution in [0.25, 0.3) is 10.9 Å². The third-order valence-corrected chi connectivity index (χ3v) is 4.40. The van der Waals surface area contributed by atoms with Crippen molar-refractivity contribution in [3.63, 3.8) is 0 Å². The van der Waals surface area contributed by atoms with Crippen molar-refractivity contribution in [1.82, 2.24) is 9.55 Å². The molecule has 9 nitrogen and oxygen atoms in total. The first-order valence-corrected chi connectivity index (χ1v) is 8.86. The second-order valence-corrected chi connectivity index (χ2v) is 6.08. The Morgan fingerprint density at radius 1 is 1.10 bits per heavy atom. The van der Waals surface area contributed by atoms with Crippen molar-refractivity contribution >= 4 is 16.9 Å². The van der Waals surface area contributed by atoms with E-state index in [0.717, 1.165) is 0 Å². The quantitative estimate of drug-likeness (QED) is 0.546. The Kier molecular flexibility index (Phi) is 6.17. The van der Waals surface area contributed by atoms with E-state index in [4.69, 9.17) is 24.2 Å². The normalized spacial score (nSPS) is 10.3. The maximum absolute atomic E-state index is 12.7. The van der Waals surface area contributed by atoms with Gasteiger partial charge in [0.15, 0.2) is 17.3 Å². The molecule has 0 aliphatic rings. The zero-order chi connectivity index (χ0) is 21.7. The van der Waals surface area contributed by atoms with Gasteiger partial charge in [0.2, 0.25) is 5.75 Å². The van der Waals surface area contributed by atoms with Gasteiger partial charge in [-0.25, -0.2) is 9.78 Å². The third kappa shape index (κ3) is 3.89. The van der Waals surface area contributed by atoms with Crippen LogP contribution in [-0.2, 0) is 17.9 Å². The Bertz CT molecular complexity index is 1170. The maximum Gasteiger partial charge on any atom is 0.338 e. The number of carbonyl (C=O) groups excluding carboxylic acids is 1. The molecule has 1 heterocycles. The highest BCUT2D eigenvalue weighted by molar-refractivity contribution is 5.91. The van der Waals surface area contributed by atoms with Crippen LogP contribution in [0.2, 0.25) is 0 Å².